The van der Waals surface area contributed by atoms with Crippen LogP contribution in [0.25, 0.3) is 11.0 Å². The van der Waals surface area contributed by atoms with E-state index in [1.807, 2.05) is 15.7 Å². The number of thiophene rings is 1. The Bertz CT molecular complexity index is 943. The molecule has 4 rings (SSSR count). The molecule has 0 amide bonds. The van der Waals surface area contributed by atoms with Crippen LogP contribution in [0.5, 0.6) is 5.75 Å². The average Bonchev–Trinajstić information content (AvgIpc) is 3.29. The highest BCUT2D eigenvalue weighted by Gasteiger charge is 2.30. The molecule has 1 atom stereocenters. The van der Waals surface area contributed by atoms with Gasteiger partial charge in [0.05, 0.1) is 11.7 Å². The van der Waals surface area contributed by atoms with Crippen LogP contribution in [0.15, 0.2) is 22.1 Å². The van der Waals surface area contributed by atoms with Crippen molar-refractivity contribution in [3.63, 3.8) is 0 Å². The first-order valence-corrected chi connectivity index (χ1v) is 11.3. The molecule has 156 valence electrons. The maximum Gasteiger partial charge on any atom is 0.422 e. The second kappa shape index (κ2) is 8.36. The van der Waals surface area contributed by atoms with Crippen molar-refractivity contribution >= 4 is 39.4 Å². The number of aromatic amines is 1. The van der Waals surface area contributed by atoms with E-state index in [0.29, 0.717) is 24.1 Å². The summed E-state index contributed by atoms with van der Waals surface area (Å²) in [4.78, 5) is 17.7. The molecule has 3 aromatic rings. The first-order valence-electron chi connectivity index (χ1n) is 9.00. The van der Waals surface area contributed by atoms with Crippen LogP contribution in [0.4, 0.5) is 19.0 Å². The zero-order chi connectivity index (χ0) is 20.4. The maximum absolute atomic E-state index is 12.7. The molecule has 7 nitrogen and oxygen atoms in total. The van der Waals surface area contributed by atoms with Gasteiger partial charge < -0.3 is 14.2 Å². The Morgan fingerprint density at radius 3 is 2.72 bits per heavy atom. The number of aromatic nitrogens is 4. The van der Waals surface area contributed by atoms with E-state index < -0.39 is 24.0 Å². The van der Waals surface area contributed by atoms with Crippen molar-refractivity contribution in [1.29, 1.82) is 0 Å². The number of nitrogens with zero attached hydrogens (tertiary/aromatic N) is 4. The molecule has 3 aromatic heterocycles. The standard InChI is InChI=1S/C17H18F3N5O2S2/c18-17(19,20)10-27-13-6-21-14(24-15(13)25-4-2-1-3-5-25)9-29(26)16-22-11-7-28-8-12(11)23-16/h6-8H,1-5,9-10H2,(H,22,23). The smallest absolute Gasteiger partial charge is 0.422 e. The molecule has 0 spiro atoms. The van der Waals surface area contributed by atoms with E-state index in [-0.39, 0.29) is 17.3 Å². The molecule has 1 N–H and O–H groups in total. The Labute approximate surface area is 171 Å². The third-order valence-corrected chi connectivity index (χ3v) is 6.29. The van der Waals surface area contributed by atoms with E-state index in [2.05, 4.69) is 19.9 Å². The Morgan fingerprint density at radius 2 is 2.00 bits per heavy atom. The first kappa shape index (κ1) is 20.2. The fourth-order valence-electron chi connectivity index (χ4n) is 3.08. The summed E-state index contributed by atoms with van der Waals surface area (Å²) in [5, 5.41) is 4.05. The summed E-state index contributed by atoms with van der Waals surface area (Å²) < 4.78 is 55.4. The van der Waals surface area contributed by atoms with Crippen LogP contribution in [0.3, 0.4) is 0 Å². The number of halogens is 3. The molecule has 1 unspecified atom stereocenters. The average molecular weight is 445 g/mol. The zero-order valence-corrected chi connectivity index (χ0v) is 16.9. The molecule has 29 heavy (non-hydrogen) atoms. The van der Waals surface area contributed by atoms with Gasteiger partial charge in [-0.2, -0.15) is 18.2 Å². The van der Waals surface area contributed by atoms with Crippen LogP contribution in [-0.2, 0) is 16.9 Å². The lowest BCUT2D eigenvalue weighted by molar-refractivity contribution is -0.153. The van der Waals surface area contributed by atoms with Gasteiger partial charge in [0.25, 0.3) is 0 Å². The summed E-state index contributed by atoms with van der Waals surface area (Å²) in [6, 6.07) is 0. The van der Waals surface area contributed by atoms with Crippen molar-refractivity contribution in [2.24, 2.45) is 0 Å². The number of fused-ring (bicyclic) bond motifs is 1. The summed E-state index contributed by atoms with van der Waals surface area (Å²) in [7, 11) is 0. The second-order valence-electron chi connectivity index (χ2n) is 6.63. The minimum Gasteiger partial charge on any atom is -0.609 e. The van der Waals surface area contributed by atoms with E-state index in [4.69, 9.17) is 4.74 Å². The van der Waals surface area contributed by atoms with Gasteiger partial charge in [0, 0.05) is 35.0 Å². The van der Waals surface area contributed by atoms with Gasteiger partial charge in [0.15, 0.2) is 29.8 Å². The number of alkyl halides is 3. The number of hydrogen-bond acceptors (Lipinski definition) is 7. The lowest BCUT2D eigenvalue weighted by atomic mass is 10.1. The predicted molar refractivity (Wildman–Crippen MR) is 104 cm³/mol. The third-order valence-electron chi connectivity index (χ3n) is 4.41. The molecule has 4 heterocycles. The largest absolute Gasteiger partial charge is 0.609 e. The van der Waals surface area contributed by atoms with E-state index in [9.17, 15) is 17.7 Å². The van der Waals surface area contributed by atoms with Gasteiger partial charge in [-0.25, -0.2) is 9.97 Å². The molecule has 0 radical (unpaired) electrons. The van der Waals surface area contributed by atoms with Crippen molar-refractivity contribution in [1.82, 2.24) is 19.9 Å². The fraction of sp³-hybridized carbons (Fsp3) is 0.471. The topological polar surface area (TPSA) is 90.0 Å². The third kappa shape index (κ3) is 4.93. The Morgan fingerprint density at radius 1 is 1.21 bits per heavy atom. The molecule has 0 aromatic carbocycles. The molecule has 0 aliphatic carbocycles. The number of rotatable bonds is 6. The molecular formula is C17H18F3N5O2S2. The molecule has 1 aliphatic rings. The maximum atomic E-state index is 12.7. The highest BCUT2D eigenvalue weighted by Crippen LogP contribution is 2.30. The van der Waals surface area contributed by atoms with Crippen LogP contribution in [0, 0.1) is 0 Å². The van der Waals surface area contributed by atoms with Crippen molar-refractivity contribution in [2.75, 3.05) is 24.6 Å². The Hall–Kier alpha value is -2.05. The molecule has 1 fully saturated rings. The van der Waals surface area contributed by atoms with Crippen molar-refractivity contribution in [2.45, 2.75) is 36.3 Å². The number of ether oxygens (including phenoxy) is 1. The van der Waals surface area contributed by atoms with Crippen LogP contribution in [-0.4, -0.2) is 50.4 Å². The molecular weight excluding hydrogens is 427 g/mol. The van der Waals surface area contributed by atoms with E-state index in [0.717, 1.165) is 30.3 Å². The number of nitrogens with one attached hydrogen (secondary N) is 1. The van der Waals surface area contributed by atoms with Gasteiger partial charge in [-0.15, -0.1) is 11.3 Å². The van der Waals surface area contributed by atoms with Crippen LogP contribution < -0.4 is 9.64 Å². The minimum atomic E-state index is -4.45. The van der Waals surface area contributed by atoms with Crippen LogP contribution in [0.2, 0.25) is 0 Å². The van der Waals surface area contributed by atoms with Gasteiger partial charge in [0.1, 0.15) is 5.52 Å². The highest BCUT2D eigenvalue weighted by molar-refractivity contribution is 7.90. The normalized spacial score (nSPS) is 16.3. The number of piperidine rings is 1. The van der Waals surface area contributed by atoms with Crippen LogP contribution >= 0.6 is 11.3 Å². The Kier molecular flexibility index (Phi) is 5.83. The molecule has 12 heteroatoms. The number of anilines is 1. The highest BCUT2D eigenvalue weighted by atomic mass is 32.2. The molecule has 1 saturated heterocycles. The van der Waals surface area contributed by atoms with E-state index in [1.54, 1.807) is 0 Å². The van der Waals surface area contributed by atoms with E-state index in [1.165, 1.54) is 17.5 Å². The summed E-state index contributed by atoms with van der Waals surface area (Å²) in [6.07, 6.45) is -0.312. The first-order chi connectivity index (χ1) is 13.9. The lowest BCUT2D eigenvalue weighted by Crippen LogP contribution is -2.31. The number of hydrogen-bond donors (Lipinski definition) is 1. The van der Waals surface area contributed by atoms with Gasteiger partial charge in [-0.05, 0) is 19.3 Å². The predicted octanol–water partition coefficient (Wildman–Crippen LogP) is 3.65. The van der Waals surface area contributed by atoms with Crippen molar-refractivity contribution in [3.05, 3.63) is 22.8 Å². The summed E-state index contributed by atoms with van der Waals surface area (Å²) in [5.41, 5.74) is 1.55. The SMILES string of the molecule is [O-][S+](Cc1ncc(OCC(F)(F)F)c(N2CCCCC2)n1)c1nc2cscc2[nH]1. The summed E-state index contributed by atoms with van der Waals surface area (Å²) in [5.74, 6) is 0.565. The van der Waals surface area contributed by atoms with Gasteiger partial charge in [-0.3, -0.25) is 4.98 Å². The van der Waals surface area contributed by atoms with Gasteiger partial charge in [-0.1, -0.05) is 0 Å². The number of imidazole rings is 1. The Balaban J connectivity index is 1.55. The van der Waals surface area contributed by atoms with E-state index >= 15 is 0 Å². The van der Waals surface area contributed by atoms with Gasteiger partial charge >= 0.3 is 11.3 Å². The second-order valence-corrected chi connectivity index (χ2v) is 8.74. The fourth-order valence-corrected chi connectivity index (χ4v) is 4.70. The van der Waals surface area contributed by atoms with Crippen molar-refractivity contribution in [3.8, 4) is 5.75 Å². The number of H-pyrrole nitrogens is 1. The zero-order valence-electron chi connectivity index (χ0n) is 15.2. The molecule has 0 bridgehead atoms. The molecule has 0 saturated carbocycles. The summed E-state index contributed by atoms with van der Waals surface area (Å²) in [6.45, 7) is -0.0578. The van der Waals surface area contributed by atoms with Crippen molar-refractivity contribution < 1.29 is 22.5 Å². The minimum absolute atomic E-state index is 0.0000724. The summed E-state index contributed by atoms with van der Waals surface area (Å²) >= 11 is -0.0167. The quantitative estimate of drug-likeness (QED) is 0.583. The van der Waals surface area contributed by atoms with Gasteiger partial charge in [0.2, 0.25) is 0 Å². The molecule has 1 aliphatic heterocycles. The van der Waals surface area contributed by atoms with Crippen LogP contribution in [0.1, 0.15) is 25.1 Å². The monoisotopic (exact) mass is 445 g/mol. The lowest BCUT2D eigenvalue weighted by Gasteiger charge is -2.29.